The van der Waals surface area contributed by atoms with Crippen LogP contribution in [0, 0.1) is 5.82 Å². The van der Waals surface area contributed by atoms with Crippen LogP contribution in [-0.2, 0) is 9.59 Å². The Labute approximate surface area is 153 Å². The van der Waals surface area contributed by atoms with Crippen molar-refractivity contribution < 1.29 is 18.7 Å². The first-order valence-corrected chi connectivity index (χ1v) is 8.70. The molecular formula is C17H16ClFN2O3S. The molecule has 1 atom stereocenters. The second-order valence-corrected chi connectivity index (χ2v) is 6.46. The minimum Gasteiger partial charge on any atom is -0.478 e. The topological polar surface area (TPSA) is 67.4 Å². The Morgan fingerprint density at radius 3 is 2.52 bits per heavy atom. The van der Waals surface area contributed by atoms with Gasteiger partial charge in [-0.3, -0.25) is 20.4 Å². The normalized spacial score (nSPS) is 11.5. The molecule has 8 heteroatoms. The minimum atomic E-state index is -0.971. The van der Waals surface area contributed by atoms with Crippen LogP contribution in [0.1, 0.15) is 6.92 Å². The van der Waals surface area contributed by atoms with Gasteiger partial charge in [-0.1, -0.05) is 23.7 Å². The third-order valence-electron chi connectivity index (χ3n) is 3.02. The first-order chi connectivity index (χ1) is 12.0. The van der Waals surface area contributed by atoms with Crippen molar-refractivity contribution in [2.75, 3.05) is 5.75 Å². The Balaban J connectivity index is 1.74. The largest absolute Gasteiger partial charge is 0.478 e. The van der Waals surface area contributed by atoms with Crippen molar-refractivity contribution in [1.29, 1.82) is 0 Å². The summed E-state index contributed by atoms with van der Waals surface area (Å²) >= 11 is 7.08. The molecule has 2 aromatic carbocycles. The Morgan fingerprint density at radius 2 is 1.84 bits per heavy atom. The van der Waals surface area contributed by atoms with Crippen molar-refractivity contribution in [2.24, 2.45) is 0 Å². The van der Waals surface area contributed by atoms with Crippen molar-refractivity contribution in [3.63, 3.8) is 0 Å². The molecule has 0 aliphatic heterocycles. The van der Waals surface area contributed by atoms with Gasteiger partial charge in [0.1, 0.15) is 0 Å². The van der Waals surface area contributed by atoms with Crippen LogP contribution in [0.25, 0.3) is 0 Å². The summed E-state index contributed by atoms with van der Waals surface area (Å²) in [5.74, 6) is -1.45. The monoisotopic (exact) mass is 382 g/mol. The van der Waals surface area contributed by atoms with Crippen molar-refractivity contribution in [3.05, 3.63) is 59.4 Å². The van der Waals surface area contributed by atoms with Gasteiger partial charge in [-0.05, 0) is 43.3 Å². The van der Waals surface area contributed by atoms with Gasteiger partial charge in [-0.25, -0.2) is 4.39 Å². The molecule has 0 heterocycles. The van der Waals surface area contributed by atoms with Crippen molar-refractivity contribution >= 4 is 35.2 Å². The van der Waals surface area contributed by atoms with E-state index in [1.54, 1.807) is 30.3 Å². The van der Waals surface area contributed by atoms with Gasteiger partial charge >= 0.3 is 0 Å². The number of carbonyl (C=O) groups excluding carboxylic acids is 2. The number of carbonyl (C=O) groups is 2. The van der Waals surface area contributed by atoms with Gasteiger partial charge in [0.25, 0.3) is 5.91 Å². The van der Waals surface area contributed by atoms with Gasteiger partial charge in [0.05, 0.1) is 5.75 Å². The highest BCUT2D eigenvalue weighted by molar-refractivity contribution is 8.00. The fourth-order valence-electron chi connectivity index (χ4n) is 1.73. The number of hydrogen-bond acceptors (Lipinski definition) is 4. The average molecular weight is 383 g/mol. The number of amides is 2. The fourth-order valence-corrected chi connectivity index (χ4v) is 2.56. The van der Waals surface area contributed by atoms with Crippen molar-refractivity contribution in [2.45, 2.75) is 17.9 Å². The standard InChI is InChI=1S/C17H16ClFN2O3S/c1-11(24-15-5-3-2-4-14(15)19)17(23)21-20-16(22)10-25-13-8-6-12(18)7-9-13/h2-9,11H,10H2,1H3,(H,20,22)(H,21,23). The molecular weight excluding hydrogens is 367 g/mol. The summed E-state index contributed by atoms with van der Waals surface area (Å²) in [5.41, 5.74) is 4.53. The third kappa shape index (κ3) is 6.28. The summed E-state index contributed by atoms with van der Waals surface area (Å²) in [6.45, 7) is 1.45. The van der Waals surface area contributed by atoms with E-state index in [0.717, 1.165) is 4.90 Å². The lowest BCUT2D eigenvalue weighted by Crippen LogP contribution is -2.47. The molecule has 0 aliphatic carbocycles. The van der Waals surface area contributed by atoms with Crippen LogP contribution >= 0.6 is 23.4 Å². The van der Waals surface area contributed by atoms with Crippen LogP contribution in [0.3, 0.4) is 0 Å². The highest BCUT2D eigenvalue weighted by Crippen LogP contribution is 2.20. The quantitative estimate of drug-likeness (QED) is 0.594. The van der Waals surface area contributed by atoms with E-state index in [9.17, 15) is 14.0 Å². The molecule has 0 aromatic heterocycles. The van der Waals surface area contributed by atoms with Crippen LogP contribution in [0.2, 0.25) is 5.02 Å². The summed E-state index contributed by atoms with van der Waals surface area (Å²) in [6, 6.07) is 12.8. The van der Waals surface area contributed by atoms with Crippen LogP contribution in [0.4, 0.5) is 4.39 Å². The lowest BCUT2D eigenvalue weighted by Gasteiger charge is -2.15. The van der Waals surface area contributed by atoms with Crippen molar-refractivity contribution in [1.82, 2.24) is 10.9 Å². The summed E-state index contributed by atoms with van der Waals surface area (Å²) in [5, 5.41) is 0.616. The van der Waals surface area contributed by atoms with E-state index >= 15 is 0 Å². The van der Waals surface area contributed by atoms with E-state index in [2.05, 4.69) is 10.9 Å². The number of para-hydroxylation sites is 1. The van der Waals surface area contributed by atoms with Gasteiger partial charge in [0.15, 0.2) is 17.7 Å². The highest BCUT2D eigenvalue weighted by Gasteiger charge is 2.17. The molecule has 0 bridgehead atoms. The Morgan fingerprint density at radius 1 is 1.16 bits per heavy atom. The molecule has 5 nitrogen and oxygen atoms in total. The van der Waals surface area contributed by atoms with Gasteiger partial charge in [-0.15, -0.1) is 11.8 Å². The van der Waals surface area contributed by atoms with Crippen LogP contribution in [0.5, 0.6) is 5.75 Å². The SMILES string of the molecule is CC(Oc1ccccc1F)C(=O)NNC(=O)CSc1ccc(Cl)cc1. The number of nitrogens with one attached hydrogen (secondary N) is 2. The van der Waals surface area contributed by atoms with E-state index in [0.29, 0.717) is 5.02 Å². The number of rotatable bonds is 6. The van der Waals surface area contributed by atoms with Gasteiger partial charge in [0.2, 0.25) is 5.91 Å². The first-order valence-electron chi connectivity index (χ1n) is 7.34. The van der Waals surface area contributed by atoms with E-state index in [1.165, 1.54) is 36.9 Å². The van der Waals surface area contributed by atoms with E-state index < -0.39 is 17.8 Å². The number of benzene rings is 2. The Kier molecular flexibility index (Phi) is 7.09. The second kappa shape index (κ2) is 9.29. The van der Waals surface area contributed by atoms with Crippen molar-refractivity contribution in [3.8, 4) is 5.75 Å². The molecule has 2 aromatic rings. The predicted octanol–water partition coefficient (Wildman–Crippen LogP) is 3.19. The lowest BCUT2D eigenvalue weighted by molar-refractivity contribution is -0.132. The molecule has 0 aliphatic rings. The number of halogens is 2. The number of ether oxygens (including phenoxy) is 1. The van der Waals surface area contributed by atoms with Crippen LogP contribution in [-0.4, -0.2) is 23.7 Å². The molecule has 0 fully saturated rings. The van der Waals surface area contributed by atoms with Gasteiger partial charge in [0, 0.05) is 9.92 Å². The molecule has 0 radical (unpaired) electrons. The molecule has 2 amide bonds. The molecule has 25 heavy (non-hydrogen) atoms. The third-order valence-corrected chi connectivity index (χ3v) is 4.28. The Hall–Kier alpha value is -2.25. The molecule has 1 unspecified atom stereocenters. The maximum atomic E-state index is 13.5. The zero-order chi connectivity index (χ0) is 18.2. The summed E-state index contributed by atoms with van der Waals surface area (Å²) in [4.78, 5) is 24.5. The minimum absolute atomic E-state index is 0.0326. The summed E-state index contributed by atoms with van der Waals surface area (Å²) < 4.78 is 18.7. The van der Waals surface area contributed by atoms with E-state index in [-0.39, 0.29) is 17.4 Å². The molecule has 2 rings (SSSR count). The molecule has 2 N–H and O–H groups in total. The Bertz CT molecular complexity index is 743. The number of hydrogen-bond donors (Lipinski definition) is 2. The average Bonchev–Trinajstić information content (AvgIpc) is 2.61. The van der Waals surface area contributed by atoms with Gasteiger partial charge in [-0.2, -0.15) is 0 Å². The summed E-state index contributed by atoms with van der Waals surface area (Å²) in [6.07, 6.45) is -0.971. The zero-order valence-electron chi connectivity index (χ0n) is 13.3. The highest BCUT2D eigenvalue weighted by atomic mass is 35.5. The maximum absolute atomic E-state index is 13.5. The van der Waals surface area contributed by atoms with Crippen LogP contribution < -0.4 is 15.6 Å². The first kappa shape index (κ1) is 19.1. The van der Waals surface area contributed by atoms with E-state index in [4.69, 9.17) is 16.3 Å². The predicted molar refractivity (Wildman–Crippen MR) is 95.0 cm³/mol. The smallest absolute Gasteiger partial charge is 0.279 e. The summed E-state index contributed by atoms with van der Waals surface area (Å²) in [7, 11) is 0. The maximum Gasteiger partial charge on any atom is 0.279 e. The second-order valence-electron chi connectivity index (χ2n) is 4.97. The molecule has 0 saturated heterocycles. The number of hydrazine groups is 1. The lowest BCUT2D eigenvalue weighted by atomic mass is 10.3. The van der Waals surface area contributed by atoms with E-state index in [1.807, 2.05) is 0 Å². The zero-order valence-corrected chi connectivity index (χ0v) is 14.9. The van der Waals surface area contributed by atoms with Crippen LogP contribution in [0.15, 0.2) is 53.4 Å². The number of thioether (sulfide) groups is 1. The molecule has 0 spiro atoms. The fraction of sp³-hybridized carbons (Fsp3) is 0.176. The van der Waals surface area contributed by atoms with Gasteiger partial charge < -0.3 is 4.74 Å². The molecule has 132 valence electrons. The molecule has 0 saturated carbocycles.